The number of halogens is 1. The van der Waals surface area contributed by atoms with Gasteiger partial charge < -0.3 is 15.0 Å². The van der Waals surface area contributed by atoms with Crippen LogP contribution in [-0.2, 0) is 6.54 Å². The van der Waals surface area contributed by atoms with Crippen LogP contribution in [0.15, 0.2) is 36.5 Å². The van der Waals surface area contributed by atoms with Gasteiger partial charge in [0.2, 0.25) is 0 Å². The van der Waals surface area contributed by atoms with Crippen molar-refractivity contribution in [2.24, 2.45) is 0 Å². The minimum absolute atomic E-state index is 0.234. The van der Waals surface area contributed by atoms with Crippen molar-refractivity contribution in [3.8, 4) is 0 Å². The number of carboxylic acids is 1. The standard InChI is InChI=1S/C28H43ClN2O2/c1-2-3-4-5-6-7-8-9-10-11-12-13-14-15-20-31(26-18-16-25(29)17-19-26)23-24-21-27(28(32)33)30-22-24/h16-19,21-22,30H,2-15,20,23H2,1H3,(H,32,33). The van der Waals surface area contributed by atoms with E-state index in [0.717, 1.165) is 29.2 Å². The number of nitrogens with one attached hydrogen (secondary N) is 1. The summed E-state index contributed by atoms with van der Waals surface area (Å²) in [6, 6.07) is 9.62. The molecule has 0 saturated carbocycles. The third-order valence-corrected chi connectivity index (χ3v) is 6.57. The summed E-state index contributed by atoms with van der Waals surface area (Å²) in [7, 11) is 0. The number of hydrogen-bond acceptors (Lipinski definition) is 2. The van der Waals surface area contributed by atoms with Crippen molar-refractivity contribution >= 4 is 23.3 Å². The van der Waals surface area contributed by atoms with Crippen molar-refractivity contribution in [2.45, 2.75) is 103 Å². The summed E-state index contributed by atoms with van der Waals surface area (Å²) in [5.74, 6) is -0.925. The fraction of sp³-hybridized carbons (Fsp3) is 0.607. The first kappa shape index (κ1) is 27.3. The second-order valence-electron chi connectivity index (χ2n) is 9.22. The second-order valence-corrected chi connectivity index (χ2v) is 9.66. The van der Waals surface area contributed by atoms with Gasteiger partial charge >= 0.3 is 5.97 Å². The molecule has 0 fully saturated rings. The van der Waals surface area contributed by atoms with Crippen molar-refractivity contribution in [3.63, 3.8) is 0 Å². The predicted octanol–water partition coefficient (Wildman–Crippen LogP) is 8.85. The molecule has 0 aliphatic heterocycles. The second kappa shape index (κ2) is 16.6. The Morgan fingerprint density at radius 3 is 1.85 bits per heavy atom. The summed E-state index contributed by atoms with van der Waals surface area (Å²) in [4.78, 5) is 16.3. The molecule has 33 heavy (non-hydrogen) atoms. The molecule has 0 amide bonds. The molecular formula is C28H43ClN2O2. The maximum absolute atomic E-state index is 11.2. The van der Waals surface area contributed by atoms with Crippen LogP contribution in [0.2, 0.25) is 5.02 Å². The molecule has 0 aliphatic rings. The number of aromatic nitrogens is 1. The van der Waals surface area contributed by atoms with E-state index in [9.17, 15) is 4.79 Å². The van der Waals surface area contributed by atoms with E-state index in [0.29, 0.717) is 6.54 Å². The summed E-state index contributed by atoms with van der Waals surface area (Å²) in [6.45, 7) is 3.91. The van der Waals surface area contributed by atoms with Gasteiger partial charge in [0, 0.05) is 30.0 Å². The first-order chi connectivity index (χ1) is 16.1. The largest absolute Gasteiger partial charge is 0.477 e. The Bertz CT molecular complexity index is 772. The van der Waals surface area contributed by atoms with Gasteiger partial charge in [-0.2, -0.15) is 0 Å². The van der Waals surface area contributed by atoms with Gasteiger partial charge in [0.15, 0.2) is 0 Å². The van der Waals surface area contributed by atoms with Crippen LogP contribution in [0.4, 0.5) is 5.69 Å². The molecule has 0 saturated heterocycles. The number of anilines is 1. The molecule has 1 aromatic heterocycles. The Hall–Kier alpha value is -1.94. The lowest BCUT2D eigenvalue weighted by Crippen LogP contribution is -2.23. The molecule has 184 valence electrons. The highest BCUT2D eigenvalue weighted by Crippen LogP contribution is 2.22. The molecular weight excluding hydrogens is 432 g/mol. The molecule has 1 aromatic carbocycles. The highest BCUT2D eigenvalue weighted by atomic mass is 35.5. The average Bonchev–Trinajstić information content (AvgIpc) is 3.28. The van der Waals surface area contributed by atoms with Crippen LogP contribution < -0.4 is 4.90 Å². The monoisotopic (exact) mass is 474 g/mol. The molecule has 4 nitrogen and oxygen atoms in total. The molecule has 0 radical (unpaired) electrons. The number of nitrogens with zero attached hydrogens (tertiary/aromatic N) is 1. The number of aromatic amines is 1. The molecule has 2 aromatic rings. The zero-order chi connectivity index (χ0) is 23.7. The van der Waals surface area contributed by atoms with Gasteiger partial charge in [-0.15, -0.1) is 0 Å². The van der Waals surface area contributed by atoms with E-state index < -0.39 is 5.97 Å². The fourth-order valence-electron chi connectivity index (χ4n) is 4.32. The molecule has 0 aliphatic carbocycles. The van der Waals surface area contributed by atoms with Gasteiger partial charge in [0.1, 0.15) is 5.69 Å². The minimum atomic E-state index is -0.925. The van der Waals surface area contributed by atoms with E-state index in [2.05, 4.69) is 16.8 Å². The molecule has 0 bridgehead atoms. The lowest BCUT2D eigenvalue weighted by molar-refractivity contribution is 0.0691. The smallest absolute Gasteiger partial charge is 0.352 e. The Labute approximate surface area is 205 Å². The Balaban J connectivity index is 1.62. The molecule has 2 rings (SSSR count). The van der Waals surface area contributed by atoms with Crippen molar-refractivity contribution in [1.82, 2.24) is 4.98 Å². The highest BCUT2D eigenvalue weighted by molar-refractivity contribution is 6.30. The average molecular weight is 475 g/mol. The zero-order valence-electron chi connectivity index (χ0n) is 20.5. The van der Waals surface area contributed by atoms with Crippen LogP contribution in [0.1, 0.15) is 113 Å². The number of carboxylic acid groups (broad SMARTS) is 1. The summed E-state index contributed by atoms with van der Waals surface area (Å²) in [5.41, 5.74) is 2.33. The maximum Gasteiger partial charge on any atom is 0.352 e. The third kappa shape index (κ3) is 11.7. The SMILES string of the molecule is CCCCCCCCCCCCCCCCN(Cc1c[nH]c(C(=O)O)c1)c1ccc(Cl)cc1. The first-order valence-electron chi connectivity index (χ1n) is 13.0. The minimum Gasteiger partial charge on any atom is -0.477 e. The number of hydrogen-bond donors (Lipinski definition) is 2. The summed E-state index contributed by atoms with van der Waals surface area (Å²) in [6.07, 6.45) is 20.7. The highest BCUT2D eigenvalue weighted by Gasteiger charge is 2.11. The van der Waals surface area contributed by atoms with Gasteiger partial charge in [-0.1, -0.05) is 102 Å². The lowest BCUT2D eigenvalue weighted by atomic mass is 10.0. The molecule has 0 atom stereocenters. The van der Waals surface area contributed by atoms with E-state index in [4.69, 9.17) is 16.7 Å². The molecule has 1 heterocycles. The van der Waals surface area contributed by atoms with Gasteiger partial charge in [0.25, 0.3) is 0 Å². The lowest BCUT2D eigenvalue weighted by Gasteiger charge is -2.24. The van der Waals surface area contributed by atoms with E-state index in [1.807, 2.05) is 24.3 Å². The van der Waals surface area contributed by atoms with Crippen LogP contribution >= 0.6 is 11.6 Å². The van der Waals surface area contributed by atoms with E-state index in [1.54, 1.807) is 12.3 Å². The number of benzene rings is 1. The zero-order valence-corrected chi connectivity index (χ0v) is 21.2. The molecule has 2 N–H and O–H groups in total. The van der Waals surface area contributed by atoms with Gasteiger partial charge in [-0.25, -0.2) is 4.79 Å². The van der Waals surface area contributed by atoms with Gasteiger partial charge in [-0.3, -0.25) is 0 Å². The van der Waals surface area contributed by atoms with Crippen LogP contribution in [0.5, 0.6) is 0 Å². The topological polar surface area (TPSA) is 56.3 Å². The first-order valence-corrected chi connectivity index (χ1v) is 13.4. The quantitative estimate of drug-likeness (QED) is 0.200. The van der Waals surface area contributed by atoms with Crippen molar-refractivity contribution in [2.75, 3.05) is 11.4 Å². The number of rotatable bonds is 19. The van der Waals surface area contributed by atoms with Gasteiger partial charge in [0.05, 0.1) is 0 Å². The van der Waals surface area contributed by atoms with Crippen molar-refractivity contribution in [3.05, 3.63) is 52.8 Å². The Kier molecular flexibility index (Phi) is 13.8. The summed E-state index contributed by atoms with van der Waals surface area (Å²) in [5, 5.41) is 9.89. The van der Waals surface area contributed by atoms with E-state index >= 15 is 0 Å². The molecule has 0 spiro atoms. The number of carbonyl (C=O) groups is 1. The van der Waals surface area contributed by atoms with Crippen molar-refractivity contribution < 1.29 is 9.90 Å². The Morgan fingerprint density at radius 1 is 0.848 bits per heavy atom. The maximum atomic E-state index is 11.2. The van der Waals surface area contributed by atoms with Crippen LogP contribution in [-0.4, -0.2) is 22.6 Å². The van der Waals surface area contributed by atoms with Crippen LogP contribution in [0.3, 0.4) is 0 Å². The normalized spacial score (nSPS) is 11.1. The van der Waals surface area contributed by atoms with Crippen LogP contribution in [0, 0.1) is 0 Å². The van der Waals surface area contributed by atoms with Gasteiger partial charge in [-0.05, 0) is 42.3 Å². The number of unbranched alkanes of at least 4 members (excludes halogenated alkanes) is 13. The van der Waals surface area contributed by atoms with E-state index in [1.165, 1.54) is 83.5 Å². The van der Waals surface area contributed by atoms with E-state index in [-0.39, 0.29) is 5.69 Å². The van der Waals surface area contributed by atoms with Crippen molar-refractivity contribution in [1.29, 1.82) is 0 Å². The molecule has 0 unspecified atom stereocenters. The Morgan fingerprint density at radius 2 is 1.36 bits per heavy atom. The summed E-state index contributed by atoms with van der Waals surface area (Å²) >= 11 is 6.07. The third-order valence-electron chi connectivity index (χ3n) is 6.32. The summed E-state index contributed by atoms with van der Waals surface area (Å²) < 4.78 is 0. The number of aromatic carboxylic acids is 1. The molecule has 5 heteroatoms. The van der Waals surface area contributed by atoms with Crippen LogP contribution in [0.25, 0.3) is 0 Å². The number of H-pyrrole nitrogens is 1. The fourth-order valence-corrected chi connectivity index (χ4v) is 4.45. The predicted molar refractivity (Wildman–Crippen MR) is 141 cm³/mol.